The van der Waals surface area contributed by atoms with E-state index in [-0.39, 0.29) is 0 Å². The van der Waals surface area contributed by atoms with E-state index in [1.807, 2.05) is 0 Å². The third-order valence-electron chi connectivity index (χ3n) is 5.26. The summed E-state index contributed by atoms with van der Waals surface area (Å²) in [5.74, 6) is 0.789. The van der Waals surface area contributed by atoms with E-state index in [2.05, 4.69) is 29.0 Å². The SMILES string of the molecule is CC(C)CN(CC1CCCN1)C1CCN2CCCC12. The fourth-order valence-corrected chi connectivity index (χ4v) is 4.49. The van der Waals surface area contributed by atoms with E-state index in [9.17, 15) is 0 Å². The zero-order valence-corrected chi connectivity index (χ0v) is 12.8. The van der Waals surface area contributed by atoms with Gasteiger partial charge >= 0.3 is 0 Å². The molecule has 3 unspecified atom stereocenters. The van der Waals surface area contributed by atoms with Crippen LogP contribution in [-0.4, -0.2) is 60.6 Å². The van der Waals surface area contributed by atoms with Crippen LogP contribution in [0, 0.1) is 5.92 Å². The van der Waals surface area contributed by atoms with Crippen LogP contribution in [0.5, 0.6) is 0 Å². The molecule has 0 amide bonds. The molecule has 3 nitrogen and oxygen atoms in total. The standard InChI is InChI=1S/C16H31N3/c1-13(2)11-19(12-14-5-3-8-17-14)16-7-10-18-9-4-6-15(16)18/h13-17H,3-12H2,1-2H3. The molecule has 3 saturated heterocycles. The monoisotopic (exact) mass is 265 g/mol. The summed E-state index contributed by atoms with van der Waals surface area (Å²) in [6.45, 7) is 11.3. The van der Waals surface area contributed by atoms with Crippen LogP contribution >= 0.6 is 0 Å². The summed E-state index contributed by atoms with van der Waals surface area (Å²) in [5.41, 5.74) is 0. The molecule has 3 heterocycles. The van der Waals surface area contributed by atoms with Crippen molar-refractivity contribution in [2.75, 3.05) is 32.7 Å². The first-order chi connectivity index (χ1) is 9.24. The average molecular weight is 265 g/mol. The Morgan fingerprint density at radius 1 is 1.16 bits per heavy atom. The van der Waals surface area contributed by atoms with Crippen molar-refractivity contribution in [2.24, 2.45) is 5.92 Å². The lowest BCUT2D eigenvalue weighted by Gasteiger charge is -2.36. The molecular weight excluding hydrogens is 234 g/mol. The van der Waals surface area contributed by atoms with Crippen molar-refractivity contribution in [3.63, 3.8) is 0 Å². The molecule has 0 aromatic carbocycles. The minimum Gasteiger partial charge on any atom is -0.313 e. The molecule has 3 rings (SSSR count). The summed E-state index contributed by atoms with van der Waals surface area (Å²) in [6, 6.07) is 2.47. The van der Waals surface area contributed by atoms with E-state index in [0.29, 0.717) is 0 Å². The number of rotatable bonds is 5. The maximum atomic E-state index is 3.69. The van der Waals surface area contributed by atoms with Crippen LogP contribution in [-0.2, 0) is 0 Å². The Balaban J connectivity index is 1.63. The topological polar surface area (TPSA) is 18.5 Å². The van der Waals surface area contributed by atoms with Crippen LogP contribution in [0.3, 0.4) is 0 Å². The highest BCUT2D eigenvalue weighted by Crippen LogP contribution is 2.32. The number of hydrogen-bond acceptors (Lipinski definition) is 3. The highest BCUT2D eigenvalue weighted by atomic mass is 15.3. The van der Waals surface area contributed by atoms with Crippen molar-refractivity contribution in [2.45, 2.75) is 64.1 Å². The van der Waals surface area contributed by atoms with Gasteiger partial charge in [0.25, 0.3) is 0 Å². The van der Waals surface area contributed by atoms with Gasteiger partial charge in [-0.15, -0.1) is 0 Å². The van der Waals surface area contributed by atoms with Crippen molar-refractivity contribution in [3.05, 3.63) is 0 Å². The highest BCUT2D eigenvalue weighted by molar-refractivity contribution is 4.98. The molecule has 0 spiro atoms. The second-order valence-electron chi connectivity index (χ2n) is 7.24. The minimum atomic E-state index is 0.759. The second kappa shape index (κ2) is 6.11. The fraction of sp³-hybridized carbons (Fsp3) is 1.00. The maximum absolute atomic E-state index is 3.69. The summed E-state index contributed by atoms with van der Waals surface area (Å²) in [5, 5.41) is 3.69. The predicted octanol–water partition coefficient (Wildman–Crippen LogP) is 1.93. The van der Waals surface area contributed by atoms with Crippen LogP contribution in [0.15, 0.2) is 0 Å². The van der Waals surface area contributed by atoms with E-state index >= 15 is 0 Å². The number of hydrogen-bond donors (Lipinski definition) is 1. The number of nitrogens with one attached hydrogen (secondary N) is 1. The van der Waals surface area contributed by atoms with Crippen molar-refractivity contribution in [1.29, 1.82) is 0 Å². The summed E-state index contributed by atoms with van der Waals surface area (Å²) in [6.07, 6.45) is 7.04. The maximum Gasteiger partial charge on any atom is 0.0264 e. The zero-order chi connectivity index (χ0) is 13.2. The molecule has 0 bridgehead atoms. The van der Waals surface area contributed by atoms with Gasteiger partial charge in [-0.05, 0) is 51.1 Å². The molecule has 3 heteroatoms. The molecule has 3 atom stereocenters. The lowest BCUT2D eigenvalue weighted by Crippen LogP contribution is -2.49. The Morgan fingerprint density at radius 2 is 2.05 bits per heavy atom. The largest absolute Gasteiger partial charge is 0.313 e. The van der Waals surface area contributed by atoms with Crippen LogP contribution in [0.25, 0.3) is 0 Å². The van der Waals surface area contributed by atoms with E-state index in [0.717, 1.165) is 24.0 Å². The molecule has 1 N–H and O–H groups in total. The third kappa shape index (κ3) is 3.14. The molecule has 3 aliphatic heterocycles. The Morgan fingerprint density at radius 3 is 2.79 bits per heavy atom. The Hall–Kier alpha value is -0.120. The van der Waals surface area contributed by atoms with Crippen LogP contribution in [0.1, 0.15) is 46.0 Å². The first-order valence-electron chi connectivity index (χ1n) is 8.45. The highest BCUT2D eigenvalue weighted by Gasteiger charge is 2.40. The molecule has 19 heavy (non-hydrogen) atoms. The normalized spacial score (nSPS) is 35.7. The Bertz CT molecular complexity index is 286. The van der Waals surface area contributed by atoms with Crippen molar-refractivity contribution < 1.29 is 0 Å². The van der Waals surface area contributed by atoms with Crippen LogP contribution in [0.4, 0.5) is 0 Å². The van der Waals surface area contributed by atoms with E-state index in [4.69, 9.17) is 0 Å². The summed E-state index contributed by atoms with van der Waals surface area (Å²) in [7, 11) is 0. The Kier molecular flexibility index (Phi) is 4.45. The second-order valence-corrected chi connectivity index (χ2v) is 7.24. The van der Waals surface area contributed by atoms with Gasteiger partial charge in [-0.1, -0.05) is 13.8 Å². The average Bonchev–Trinajstić information content (AvgIpc) is 3.04. The molecule has 3 fully saturated rings. The van der Waals surface area contributed by atoms with Crippen LogP contribution < -0.4 is 5.32 Å². The van der Waals surface area contributed by atoms with E-state index in [1.165, 1.54) is 64.8 Å². The minimum absolute atomic E-state index is 0.759. The van der Waals surface area contributed by atoms with Gasteiger partial charge in [-0.3, -0.25) is 9.80 Å². The fourth-order valence-electron chi connectivity index (χ4n) is 4.49. The van der Waals surface area contributed by atoms with E-state index in [1.54, 1.807) is 0 Å². The van der Waals surface area contributed by atoms with Gasteiger partial charge in [0.2, 0.25) is 0 Å². The van der Waals surface area contributed by atoms with Crippen molar-refractivity contribution in [1.82, 2.24) is 15.1 Å². The first kappa shape index (κ1) is 13.8. The molecule has 110 valence electrons. The van der Waals surface area contributed by atoms with Gasteiger partial charge in [0, 0.05) is 37.8 Å². The van der Waals surface area contributed by atoms with Crippen molar-refractivity contribution >= 4 is 0 Å². The van der Waals surface area contributed by atoms with Gasteiger partial charge in [-0.2, -0.15) is 0 Å². The zero-order valence-electron chi connectivity index (χ0n) is 12.8. The van der Waals surface area contributed by atoms with Gasteiger partial charge in [0.15, 0.2) is 0 Å². The first-order valence-corrected chi connectivity index (χ1v) is 8.45. The molecule has 0 aliphatic carbocycles. The van der Waals surface area contributed by atoms with Gasteiger partial charge in [0.05, 0.1) is 0 Å². The van der Waals surface area contributed by atoms with Crippen LogP contribution in [0.2, 0.25) is 0 Å². The number of nitrogens with zero attached hydrogens (tertiary/aromatic N) is 2. The molecule has 0 radical (unpaired) electrons. The van der Waals surface area contributed by atoms with E-state index < -0.39 is 0 Å². The molecule has 0 aromatic rings. The van der Waals surface area contributed by atoms with Gasteiger partial charge in [0.1, 0.15) is 0 Å². The molecule has 0 aromatic heterocycles. The molecule has 0 saturated carbocycles. The summed E-state index contributed by atoms with van der Waals surface area (Å²) < 4.78 is 0. The lowest BCUT2D eigenvalue weighted by atomic mass is 10.0. The third-order valence-corrected chi connectivity index (χ3v) is 5.26. The summed E-state index contributed by atoms with van der Waals surface area (Å²) in [4.78, 5) is 5.59. The van der Waals surface area contributed by atoms with Gasteiger partial charge < -0.3 is 5.32 Å². The van der Waals surface area contributed by atoms with Crippen molar-refractivity contribution in [3.8, 4) is 0 Å². The molecular formula is C16H31N3. The lowest BCUT2D eigenvalue weighted by molar-refractivity contribution is 0.133. The quantitative estimate of drug-likeness (QED) is 0.819. The van der Waals surface area contributed by atoms with Gasteiger partial charge in [-0.25, -0.2) is 0 Å². The molecule has 3 aliphatic rings. The summed E-state index contributed by atoms with van der Waals surface area (Å²) >= 11 is 0. The predicted molar refractivity (Wildman–Crippen MR) is 80.4 cm³/mol. The Labute approximate surface area is 118 Å². The number of fused-ring (bicyclic) bond motifs is 1. The smallest absolute Gasteiger partial charge is 0.0264 e.